The van der Waals surface area contributed by atoms with Crippen LogP contribution in [-0.2, 0) is 20.5 Å². The maximum absolute atomic E-state index is 11.6. The Balaban J connectivity index is 2.33. The van der Waals surface area contributed by atoms with Gasteiger partial charge < -0.3 is 15.6 Å². The molecule has 1 saturated heterocycles. The topological polar surface area (TPSA) is 86.5 Å². The molecule has 5 nitrogen and oxygen atoms in total. The number of β-lactam (4-membered cyclic amide) rings is 1. The molecule has 7 heteroatoms. The number of rotatable bonds is 3. The van der Waals surface area contributed by atoms with Crippen LogP contribution in [0.1, 0.15) is 0 Å². The summed E-state index contributed by atoms with van der Waals surface area (Å²) in [5, 5.41) is 11.0. The molecule has 2 N–H and O–H groups in total. The SMILES string of the molecule is C[S+](C)CC1=C(C(=O)[O-])N2C(=O)C(N)[C@H]2SC1. The molecule has 2 aliphatic rings. The number of hydrogen-bond donors (Lipinski definition) is 1. The highest BCUT2D eigenvalue weighted by Crippen LogP contribution is 2.39. The van der Waals surface area contributed by atoms with Gasteiger partial charge in [0, 0.05) is 11.3 Å². The van der Waals surface area contributed by atoms with Gasteiger partial charge in [0.2, 0.25) is 5.91 Å². The Labute approximate surface area is 107 Å². The number of nitrogens with two attached hydrogens (primary N) is 1. The number of carboxylic acids is 1. The van der Waals surface area contributed by atoms with E-state index in [1.165, 1.54) is 16.7 Å². The third kappa shape index (κ3) is 2.07. The van der Waals surface area contributed by atoms with Crippen LogP contribution in [-0.4, -0.2) is 52.2 Å². The fourth-order valence-corrected chi connectivity index (χ4v) is 4.39. The van der Waals surface area contributed by atoms with Gasteiger partial charge in [-0.3, -0.25) is 9.69 Å². The third-order valence-electron chi connectivity index (χ3n) is 2.74. The lowest BCUT2D eigenvalue weighted by Crippen LogP contribution is -2.69. The van der Waals surface area contributed by atoms with Crippen molar-refractivity contribution >= 4 is 34.5 Å². The average molecular weight is 274 g/mol. The normalized spacial score (nSPS) is 28.2. The second-order valence-corrected chi connectivity index (χ2v) is 7.67. The highest BCUT2D eigenvalue weighted by atomic mass is 32.2. The third-order valence-corrected chi connectivity index (χ3v) is 5.03. The summed E-state index contributed by atoms with van der Waals surface area (Å²) in [6.07, 6.45) is 4.08. The lowest BCUT2D eigenvalue weighted by atomic mass is 10.0. The summed E-state index contributed by atoms with van der Waals surface area (Å²) in [6.45, 7) is 0. The molecule has 0 aromatic heterocycles. The molecular formula is C10H14N2O3S2. The molecule has 0 aromatic rings. The molecule has 0 saturated carbocycles. The van der Waals surface area contributed by atoms with E-state index in [2.05, 4.69) is 0 Å². The van der Waals surface area contributed by atoms with Crippen molar-refractivity contribution in [2.24, 2.45) is 5.73 Å². The minimum absolute atomic E-state index is 0.0571. The van der Waals surface area contributed by atoms with Crippen molar-refractivity contribution in [2.45, 2.75) is 11.4 Å². The summed E-state index contributed by atoms with van der Waals surface area (Å²) < 4.78 is 0. The van der Waals surface area contributed by atoms with Crippen molar-refractivity contribution in [3.8, 4) is 0 Å². The van der Waals surface area contributed by atoms with Gasteiger partial charge in [0.25, 0.3) is 0 Å². The molecular weight excluding hydrogens is 260 g/mol. The largest absolute Gasteiger partial charge is 0.543 e. The molecule has 1 fully saturated rings. The van der Waals surface area contributed by atoms with Gasteiger partial charge in [0.1, 0.15) is 17.2 Å². The predicted octanol–water partition coefficient (Wildman–Crippen LogP) is -1.89. The minimum Gasteiger partial charge on any atom is -0.543 e. The molecule has 1 amide bonds. The van der Waals surface area contributed by atoms with Gasteiger partial charge in [-0.05, 0) is 10.9 Å². The smallest absolute Gasteiger partial charge is 0.248 e. The highest BCUT2D eigenvalue weighted by Gasteiger charge is 2.50. The quantitative estimate of drug-likeness (QED) is 0.480. The van der Waals surface area contributed by atoms with E-state index in [-0.39, 0.29) is 27.9 Å². The number of carboxylic acid groups (broad SMARTS) is 1. The van der Waals surface area contributed by atoms with Gasteiger partial charge in [-0.15, -0.1) is 11.8 Å². The summed E-state index contributed by atoms with van der Waals surface area (Å²) in [4.78, 5) is 24.1. The summed E-state index contributed by atoms with van der Waals surface area (Å²) >= 11 is 1.53. The molecule has 2 heterocycles. The molecule has 94 valence electrons. The van der Waals surface area contributed by atoms with Gasteiger partial charge in [0.15, 0.2) is 0 Å². The van der Waals surface area contributed by atoms with Crippen LogP contribution in [0.5, 0.6) is 0 Å². The maximum atomic E-state index is 11.6. The van der Waals surface area contributed by atoms with E-state index in [1.807, 2.05) is 12.5 Å². The van der Waals surface area contributed by atoms with Crippen molar-refractivity contribution in [1.82, 2.24) is 4.90 Å². The number of nitrogens with zero attached hydrogens (tertiary/aromatic N) is 1. The van der Waals surface area contributed by atoms with Crippen molar-refractivity contribution in [2.75, 3.05) is 24.0 Å². The standard InChI is InChI=1S/C10H14N2O3S2/c1-17(2)4-5-3-16-9-6(11)8(13)12(9)7(5)10(14)15/h6,9H,3-4,11H2,1-2H3/t6?,9-/m1/s1. The van der Waals surface area contributed by atoms with Gasteiger partial charge in [-0.2, -0.15) is 0 Å². The first-order valence-corrected chi connectivity index (χ1v) is 8.37. The van der Waals surface area contributed by atoms with Gasteiger partial charge >= 0.3 is 0 Å². The number of carbonyl (C=O) groups excluding carboxylic acids is 2. The average Bonchev–Trinajstić information content (AvgIpc) is 2.26. The molecule has 1 unspecified atom stereocenters. The zero-order valence-corrected chi connectivity index (χ0v) is 11.3. The van der Waals surface area contributed by atoms with Crippen LogP contribution in [0.2, 0.25) is 0 Å². The molecule has 0 spiro atoms. The van der Waals surface area contributed by atoms with Crippen LogP contribution in [0.15, 0.2) is 11.3 Å². The van der Waals surface area contributed by atoms with Crippen molar-refractivity contribution in [3.63, 3.8) is 0 Å². The lowest BCUT2D eigenvalue weighted by Gasteiger charge is -2.49. The molecule has 0 aliphatic carbocycles. The van der Waals surface area contributed by atoms with Crippen LogP contribution >= 0.6 is 11.8 Å². The Kier molecular flexibility index (Phi) is 3.42. The first-order chi connectivity index (χ1) is 7.93. The summed E-state index contributed by atoms with van der Waals surface area (Å²) in [6, 6.07) is -0.572. The molecule has 0 radical (unpaired) electrons. The van der Waals surface area contributed by atoms with Crippen LogP contribution in [0.25, 0.3) is 0 Å². The Morgan fingerprint density at radius 1 is 1.65 bits per heavy atom. The predicted molar refractivity (Wildman–Crippen MR) is 67.2 cm³/mol. The second kappa shape index (κ2) is 4.55. The van der Waals surface area contributed by atoms with E-state index in [4.69, 9.17) is 5.73 Å². The number of amides is 1. The Morgan fingerprint density at radius 3 is 2.82 bits per heavy atom. The van der Waals surface area contributed by atoms with Crippen LogP contribution in [0.3, 0.4) is 0 Å². The Hall–Kier alpha value is -0.660. The minimum atomic E-state index is -1.27. The Bertz CT molecular complexity index is 408. The van der Waals surface area contributed by atoms with E-state index in [0.29, 0.717) is 11.5 Å². The number of fused-ring (bicyclic) bond motifs is 1. The molecule has 17 heavy (non-hydrogen) atoms. The van der Waals surface area contributed by atoms with E-state index in [9.17, 15) is 14.7 Å². The summed E-state index contributed by atoms with van der Waals surface area (Å²) in [5.74, 6) is -0.263. The number of hydrogen-bond acceptors (Lipinski definition) is 5. The molecule has 0 aromatic carbocycles. The lowest BCUT2D eigenvalue weighted by molar-refractivity contribution is -0.301. The van der Waals surface area contributed by atoms with E-state index < -0.39 is 12.0 Å². The number of carbonyl (C=O) groups is 2. The van der Waals surface area contributed by atoms with Crippen LogP contribution < -0.4 is 10.8 Å². The van der Waals surface area contributed by atoms with Gasteiger partial charge in [-0.25, -0.2) is 0 Å². The van der Waals surface area contributed by atoms with Crippen LogP contribution in [0.4, 0.5) is 0 Å². The van der Waals surface area contributed by atoms with Gasteiger partial charge in [-0.1, -0.05) is 0 Å². The summed E-state index contributed by atoms with van der Waals surface area (Å²) in [7, 11) is 0.0960. The molecule has 2 rings (SSSR count). The first kappa shape index (κ1) is 12.8. The van der Waals surface area contributed by atoms with Crippen molar-refractivity contribution in [3.05, 3.63) is 11.3 Å². The molecule has 2 atom stereocenters. The number of aliphatic carboxylic acids is 1. The van der Waals surface area contributed by atoms with Crippen LogP contribution in [0, 0.1) is 0 Å². The monoisotopic (exact) mass is 274 g/mol. The van der Waals surface area contributed by atoms with Gasteiger partial charge in [0.05, 0.1) is 24.2 Å². The van der Waals surface area contributed by atoms with E-state index in [1.54, 1.807) is 0 Å². The van der Waals surface area contributed by atoms with Crippen molar-refractivity contribution < 1.29 is 14.7 Å². The Morgan fingerprint density at radius 2 is 2.29 bits per heavy atom. The number of thioether (sulfide) groups is 1. The van der Waals surface area contributed by atoms with Crippen molar-refractivity contribution in [1.29, 1.82) is 0 Å². The van der Waals surface area contributed by atoms with E-state index in [0.717, 1.165) is 5.57 Å². The first-order valence-electron chi connectivity index (χ1n) is 5.11. The zero-order chi connectivity index (χ0) is 12.7. The second-order valence-electron chi connectivity index (χ2n) is 4.31. The molecule has 0 bridgehead atoms. The fourth-order valence-electron chi connectivity index (χ4n) is 2.03. The zero-order valence-electron chi connectivity index (χ0n) is 9.63. The maximum Gasteiger partial charge on any atom is 0.248 e. The molecule has 2 aliphatic heterocycles. The highest BCUT2D eigenvalue weighted by molar-refractivity contribution is 8.00. The fraction of sp³-hybridized carbons (Fsp3) is 0.600. The summed E-state index contributed by atoms with van der Waals surface area (Å²) in [5.41, 5.74) is 6.49. The van der Waals surface area contributed by atoms with E-state index >= 15 is 0 Å².